The van der Waals surface area contributed by atoms with Crippen molar-refractivity contribution in [3.05, 3.63) is 0 Å². The van der Waals surface area contributed by atoms with Crippen LogP contribution in [0.15, 0.2) is 5.16 Å². The average Bonchev–Trinajstić information content (AvgIpc) is 2.27. The molecule has 0 aromatic rings. The summed E-state index contributed by atoms with van der Waals surface area (Å²) in [6.07, 6.45) is 2.37. The molecule has 0 fully saturated rings. The third-order valence-electron chi connectivity index (χ3n) is 2.95. The number of nitrogens with one attached hydrogen (secondary N) is 1. The highest BCUT2D eigenvalue weighted by Gasteiger charge is 2.30. The Bertz CT molecular complexity index is 266. The first-order chi connectivity index (χ1) is 7.41. The molecular formula is C11H23N3O2. The fourth-order valence-corrected chi connectivity index (χ4v) is 1.40. The summed E-state index contributed by atoms with van der Waals surface area (Å²) in [5, 5.41) is 14.5. The molecule has 0 saturated heterocycles. The number of carbonyl (C=O) groups is 1. The summed E-state index contributed by atoms with van der Waals surface area (Å²) in [6, 6.07) is 0. The van der Waals surface area contributed by atoms with Crippen molar-refractivity contribution in [1.82, 2.24) is 5.32 Å². The maximum atomic E-state index is 11.8. The van der Waals surface area contributed by atoms with Crippen molar-refractivity contribution in [3.63, 3.8) is 0 Å². The van der Waals surface area contributed by atoms with Crippen LogP contribution in [0.2, 0.25) is 0 Å². The molecule has 0 heterocycles. The quantitative estimate of drug-likeness (QED) is 0.279. The first kappa shape index (κ1) is 14.7. The van der Waals surface area contributed by atoms with Crippen LogP contribution < -0.4 is 11.1 Å². The number of hydrogen-bond acceptors (Lipinski definition) is 3. The van der Waals surface area contributed by atoms with E-state index in [1.807, 2.05) is 20.8 Å². The Labute approximate surface area is 97.1 Å². The van der Waals surface area contributed by atoms with Crippen LogP contribution in [0.3, 0.4) is 0 Å². The summed E-state index contributed by atoms with van der Waals surface area (Å²) in [5.41, 5.74) is 4.80. The summed E-state index contributed by atoms with van der Waals surface area (Å²) in [7, 11) is 0. The minimum Gasteiger partial charge on any atom is -0.409 e. The van der Waals surface area contributed by atoms with Gasteiger partial charge in [-0.15, -0.1) is 0 Å². The van der Waals surface area contributed by atoms with Gasteiger partial charge in [0.2, 0.25) is 5.91 Å². The largest absolute Gasteiger partial charge is 0.409 e. The van der Waals surface area contributed by atoms with Gasteiger partial charge in [-0.2, -0.15) is 0 Å². The fourth-order valence-electron chi connectivity index (χ4n) is 1.40. The van der Waals surface area contributed by atoms with Gasteiger partial charge in [-0.05, 0) is 19.8 Å². The molecule has 5 nitrogen and oxygen atoms in total. The smallest absolute Gasteiger partial charge is 0.223 e. The third-order valence-corrected chi connectivity index (χ3v) is 2.95. The summed E-state index contributed by atoms with van der Waals surface area (Å²) in [6.45, 7) is 7.54. The van der Waals surface area contributed by atoms with E-state index in [4.69, 9.17) is 10.9 Å². The van der Waals surface area contributed by atoms with Gasteiger partial charge >= 0.3 is 0 Å². The fraction of sp³-hybridized carbons (Fsp3) is 0.818. The van der Waals surface area contributed by atoms with Gasteiger partial charge in [0.1, 0.15) is 0 Å². The SMILES string of the molecule is CCCC(C)C(=O)NC(C)(CC)/C(N)=N/O. The summed E-state index contributed by atoms with van der Waals surface area (Å²) >= 11 is 0. The van der Waals surface area contributed by atoms with Crippen LogP contribution in [-0.4, -0.2) is 22.5 Å². The highest BCUT2D eigenvalue weighted by atomic mass is 16.4. The molecule has 0 saturated carbocycles. The molecule has 0 aliphatic heterocycles. The van der Waals surface area contributed by atoms with Gasteiger partial charge < -0.3 is 16.3 Å². The lowest BCUT2D eigenvalue weighted by atomic mass is 9.95. The van der Waals surface area contributed by atoms with Gasteiger partial charge in [-0.3, -0.25) is 4.79 Å². The molecular weight excluding hydrogens is 206 g/mol. The van der Waals surface area contributed by atoms with Gasteiger partial charge in [0.15, 0.2) is 5.84 Å². The van der Waals surface area contributed by atoms with Crippen molar-refractivity contribution in [3.8, 4) is 0 Å². The van der Waals surface area contributed by atoms with E-state index >= 15 is 0 Å². The molecule has 5 heteroatoms. The zero-order valence-electron chi connectivity index (χ0n) is 10.6. The lowest BCUT2D eigenvalue weighted by molar-refractivity contribution is -0.125. The maximum absolute atomic E-state index is 11.8. The Hall–Kier alpha value is -1.26. The van der Waals surface area contributed by atoms with Crippen LogP contribution in [0.25, 0.3) is 0 Å². The molecule has 0 spiro atoms. The second kappa shape index (κ2) is 6.35. The number of oxime groups is 1. The van der Waals surface area contributed by atoms with E-state index in [0.717, 1.165) is 12.8 Å². The molecule has 0 aliphatic carbocycles. The Kier molecular flexibility index (Phi) is 5.85. The van der Waals surface area contributed by atoms with Crippen LogP contribution in [0.5, 0.6) is 0 Å². The first-order valence-electron chi connectivity index (χ1n) is 5.71. The maximum Gasteiger partial charge on any atom is 0.223 e. The summed E-state index contributed by atoms with van der Waals surface area (Å²) in [5.74, 6) is -0.0767. The van der Waals surface area contributed by atoms with E-state index in [1.165, 1.54) is 0 Å². The Balaban J connectivity index is 4.60. The Morgan fingerprint density at radius 2 is 2.12 bits per heavy atom. The molecule has 2 atom stereocenters. The van der Waals surface area contributed by atoms with Gasteiger partial charge in [0, 0.05) is 5.92 Å². The lowest BCUT2D eigenvalue weighted by Crippen LogP contribution is -2.56. The van der Waals surface area contributed by atoms with Gasteiger partial charge in [-0.25, -0.2) is 0 Å². The second-order valence-electron chi connectivity index (χ2n) is 4.35. The Morgan fingerprint density at radius 3 is 2.50 bits per heavy atom. The van der Waals surface area contributed by atoms with Gasteiger partial charge in [0.05, 0.1) is 5.54 Å². The molecule has 2 unspecified atom stereocenters. The monoisotopic (exact) mass is 229 g/mol. The predicted molar refractivity (Wildman–Crippen MR) is 64.3 cm³/mol. The van der Waals surface area contributed by atoms with Crippen LogP contribution >= 0.6 is 0 Å². The first-order valence-corrected chi connectivity index (χ1v) is 5.71. The molecule has 0 bridgehead atoms. The zero-order chi connectivity index (χ0) is 12.8. The third kappa shape index (κ3) is 3.72. The van der Waals surface area contributed by atoms with Crippen molar-refractivity contribution in [2.45, 2.75) is 52.5 Å². The van der Waals surface area contributed by atoms with E-state index in [0.29, 0.717) is 6.42 Å². The summed E-state index contributed by atoms with van der Waals surface area (Å²) < 4.78 is 0. The molecule has 16 heavy (non-hydrogen) atoms. The predicted octanol–water partition coefficient (Wildman–Crippen LogP) is 1.45. The van der Waals surface area contributed by atoms with Crippen LogP contribution in [0.1, 0.15) is 47.0 Å². The number of amides is 1. The number of nitrogens with zero attached hydrogens (tertiary/aromatic N) is 1. The zero-order valence-corrected chi connectivity index (χ0v) is 10.6. The minimum atomic E-state index is -0.770. The number of carbonyl (C=O) groups excluding carboxylic acids is 1. The molecule has 0 aliphatic rings. The van der Waals surface area contributed by atoms with E-state index in [-0.39, 0.29) is 17.7 Å². The minimum absolute atomic E-state index is 0.0343. The van der Waals surface area contributed by atoms with E-state index in [2.05, 4.69) is 10.5 Å². The highest BCUT2D eigenvalue weighted by Crippen LogP contribution is 2.12. The van der Waals surface area contributed by atoms with E-state index < -0.39 is 5.54 Å². The van der Waals surface area contributed by atoms with Gasteiger partial charge in [-0.1, -0.05) is 32.3 Å². The molecule has 4 N–H and O–H groups in total. The molecule has 0 aromatic carbocycles. The molecule has 1 amide bonds. The van der Waals surface area contributed by atoms with Crippen molar-refractivity contribution >= 4 is 11.7 Å². The molecule has 0 radical (unpaired) electrons. The van der Waals surface area contributed by atoms with Crippen LogP contribution in [0.4, 0.5) is 0 Å². The molecule has 0 aromatic heterocycles. The van der Waals surface area contributed by atoms with Crippen LogP contribution in [0, 0.1) is 5.92 Å². The Morgan fingerprint density at radius 1 is 1.56 bits per heavy atom. The number of hydrogen-bond donors (Lipinski definition) is 3. The van der Waals surface area contributed by atoms with E-state index in [9.17, 15) is 4.79 Å². The van der Waals surface area contributed by atoms with Crippen LogP contribution in [-0.2, 0) is 4.79 Å². The average molecular weight is 229 g/mol. The standard InChI is InChI=1S/C11H23N3O2/c1-5-7-8(3)9(15)13-11(4,6-2)10(12)14-16/h8,16H,5-7H2,1-4H3,(H2,12,14)(H,13,15). The van der Waals surface area contributed by atoms with Crippen molar-refractivity contribution in [1.29, 1.82) is 0 Å². The van der Waals surface area contributed by atoms with Crippen molar-refractivity contribution < 1.29 is 10.0 Å². The highest BCUT2D eigenvalue weighted by molar-refractivity contribution is 5.93. The lowest BCUT2D eigenvalue weighted by Gasteiger charge is -2.29. The number of nitrogens with two attached hydrogens (primary N) is 1. The van der Waals surface area contributed by atoms with Crippen molar-refractivity contribution in [2.24, 2.45) is 16.8 Å². The molecule has 0 rings (SSSR count). The van der Waals surface area contributed by atoms with E-state index in [1.54, 1.807) is 6.92 Å². The van der Waals surface area contributed by atoms with Crippen molar-refractivity contribution in [2.75, 3.05) is 0 Å². The number of rotatable bonds is 6. The van der Waals surface area contributed by atoms with Gasteiger partial charge in [0.25, 0.3) is 0 Å². The summed E-state index contributed by atoms with van der Waals surface area (Å²) in [4.78, 5) is 11.8. The number of amidine groups is 1. The topological polar surface area (TPSA) is 87.7 Å². The second-order valence-corrected chi connectivity index (χ2v) is 4.35. The normalized spacial score (nSPS) is 17.6. The molecule has 94 valence electrons.